The number of hydrogen-bond donors (Lipinski definition) is 2. The van der Waals surface area contributed by atoms with Gasteiger partial charge in [0.1, 0.15) is 29.3 Å². The molecular weight excluding hydrogens is 368 g/mol. The number of rotatable bonds is 9. The van der Waals surface area contributed by atoms with Gasteiger partial charge in [-0.15, -0.1) is 0 Å². The van der Waals surface area contributed by atoms with Crippen LogP contribution in [0, 0.1) is 0 Å². The minimum absolute atomic E-state index is 0.228. The molecule has 1 aromatic heterocycles. The van der Waals surface area contributed by atoms with E-state index in [1.165, 1.54) is 6.33 Å². The smallest absolute Gasteiger partial charge is 0.270 e. The Morgan fingerprint density at radius 1 is 0.897 bits per heavy atom. The number of ether oxygens (including phenoxy) is 2. The second kappa shape index (κ2) is 10.1. The van der Waals surface area contributed by atoms with Gasteiger partial charge in [-0.05, 0) is 41.8 Å². The summed E-state index contributed by atoms with van der Waals surface area (Å²) in [7, 11) is 3.27. The van der Waals surface area contributed by atoms with Crippen LogP contribution in [-0.4, -0.2) is 36.6 Å². The Balaban J connectivity index is 1.50. The molecule has 2 N–H and O–H groups in total. The van der Waals surface area contributed by atoms with E-state index in [4.69, 9.17) is 9.47 Å². The van der Waals surface area contributed by atoms with Gasteiger partial charge in [0.05, 0.1) is 14.2 Å². The summed E-state index contributed by atoms with van der Waals surface area (Å²) >= 11 is 0. The zero-order valence-corrected chi connectivity index (χ0v) is 16.5. The number of aromatic nitrogens is 2. The van der Waals surface area contributed by atoms with Crippen molar-refractivity contribution in [1.29, 1.82) is 0 Å². The normalized spacial score (nSPS) is 10.3. The Bertz CT molecular complexity index is 928. The standard InChI is InChI=1S/C22H24N4O3/c1-28-18-7-3-16(4-8-18)11-12-23-22(27)20-13-21(26-15-25-20)24-14-17-5-9-19(29-2)10-6-17/h3-10,13,15H,11-12,14H2,1-2H3,(H,23,27)(H,24,25,26). The summed E-state index contributed by atoms with van der Waals surface area (Å²) in [6.07, 6.45) is 2.11. The molecule has 0 atom stereocenters. The fourth-order valence-electron chi connectivity index (χ4n) is 2.72. The SMILES string of the molecule is COc1ccc(CCNC(=O)c2cc(NCc3ccc(OC)cc3)ncn2)cc1. The first-order valence-electron chi connectivity index (χ1n) is 9.28. The Morgan fingerprint density at radius 3 is 2.14 bits per heavy atom. The van der Waals surface area contributed by atoms with E-state index in [-0.39, 0.29) is 5.91 Å². The van der Waals surface area contributed by atoms with Gasteiger partial charge in [0, 0.05) is 19.2 Å². The Labute approximate surface area is 170 Å². The molecule has 7 heteroatoms. The minimum atomic E-state index is -0.228. The van der Waals surface area contributed by atoms with Crippen molar-refractivity contribution in [3.63, 3.8) is 0 Å². The Kier molecular flexibility index (Phi) is 7.00. The number of amides is 1. The van der Waals surface area contributed by atoms with E-state index in [9.17, 15) is 4.79 Å². The molecule has 0 aliphatic rings. The predicted molar refractivity (Wildman–Crippen MR) is 111 cm³/mol. The van der Waals surface area contributed by atoms with Crippen LogP contribution in [0.5, 0.6) is 11.5 Å². The van der Waals surface area contributed by atoms with Crippen molar-refractivity contribution in [3.05, 3.63) is 77.7 Å². The molecule has 3 aromatic rings. The molecule has 0 unspecified atom stereocenters. The van der Waals surface area contributed by atoms with Gasteiger partial charge in [-0.2, -0.15) is 0 Å². The van der Waals surface area contributed by atoms with Gasteiger partial charge in [-0.3, -0.25) is 4.79 Å². The number of nitrogens with one attached hydrogen (secondary N) is 2. The van der Waals surface area contributed by atoms with Crippen molar-refractivity contribution in [2.24, 2.45) is 0 Å². The first kappa shape index (κ1) is 20.1. The molecule has 7 nitrogen and oxygen atoms in total. The van der Waals surface area contributed by atoms with Gasteiger partial charge in [0.15, 0.2) is 0 Å². The van der Waals surface area contributed by atoms with Gasteiger partial charge in [-0.25, -0.2) is 9.97 Å². The second-order valence-corrected chi connectivity index (χ2v) is 6.34. The quantitative estimate of drug-likeness (QED) is 0.582. The fraction of sp³-hybridized carbons (Fsp3) is 0.227. The summed E-state index contributed by atoms with van der Waals surface area (Å²) in [5, 5.41) is 6.09. The highest BCUT2D eigenvalue weighted by atomic mass is 16.5. The lowest BCUT2D eigenvalue weighted by molar-refractivity contribution is 0.0949. The largest absolute Gasteiger partial charge is 0.497 e. The predicted octanol–water partition coefficient (Wildman–Crippen LogP) is 3.08. The molecule has 0 fully saturated rings. The molecule has 0 saturated carbocycles. The first-order valence-corrected chi connectivity index (χ1v) is 9.28. The van der Waals surface area contributed by atoms with Crippen LogP contribution in [0.25, 0.3) is 0 Å². The molecule has 0 aliphatic heterocycles. The first-order chi connectivity index (χ1) is 14.2. The lowest BCUT2D eigenvalue weighted by atomic mass is 10.1. The molecule has 150 valence electrons. The maximum absolute atomic E-state index is 12.4. The summed E-state index contributed by atoms with van der Waals surface area (Å²) in [6.45, 7) is 1.10. The van der Waals surface area contributed by atoms with Crippen molar-refractivity contribution in [2.45, 2.75) is 13.0 Å². The topological polar surface area (TPSA) is 85.4 Å². The maximum atomic E-state index is 12.4. The molecule has 1 amide bonds. The third-order valence-electron chi connectivity index (χ3n) is 4.39. The van der Waals surface area contributed by atoms with Crippen molar-refractivity contribution < 1.29 is 14.3 Å². The van der Waals surface area contributed by atoms with E-state index in [0.717, 1.165) is 29.0 Å². The fourth-order valence-corrected chi connectivity index (χ4v) is 2.72. The molecule has 29 heavy (non-hydrogen) atoms. The van der Waals surface area contributed by atoms with Gasteiger partial charge >= 0.3 is 0 Å². The molecule has 0 aliphatic carbocycles. The van der Waals surface area contributed by atoms with E-state index in [0.29, 0.717) is 24.6 Å². The number of nitrogens with zero attached hydrogens (tertiary/aromatic N) is 2. The molecule has 2 aromatic carbocycles. The van der Waals surface area contributed by atoms with Crippen LogP contribution in [0.3, 0.4) is 0 Å². The van der Waals surface area contributed by atoms with Crippen molar-refractivity contribution in [1.82, 2.24) is 15.3 Å². The molecule has 0 saturated heterocycles. The van der Waals surface area contributed by atoms with Gasteiger partial charge in [0.25, 0.3) is 5.91 Å². The summed E-state index contributed by atoms with van der Waals surface area (Å²) < 4.78 is 10.3. The summed E-state index contributed by atoms with van der Waals surface area (Å²) in [5.74, 6) is 1.99. The third-order valence-corrected chi connectivity index (χ3v) is 4.39. The van der Waals surface area contributed by atoms with Crippen LogP contribution < -0.4 is 20.1 Å². The average Bonchev–Trinajstić information content (AvgIpc) is 2.78. The van der Waals surface area contributed by atoms with Crippen molar-refractivity contribution >= 4 is 11.7 Å². The van der Waals surface area contributed by atoms with E-state index in [1.807, 2.05) is 48.5 Å². The summed E-state index contributed by atoms with van der Waals surface area (Å²) in [5.41, 5.74) is 2.53. The van der Waals surface area contributed by atoms with Crippen LogP contribution in [0.15, 0.2) is 60.9 Å². The van der Waals surface area contributed by atoms with Gasteiger partial charge in [-0.1, -0.05) is 24.3 Å². The highest BCUT2D eigenvalue weighted by molar-refractivity contribution is 5.92. The van der Waals surface area contributed by atoms with E-state index in [2.05, 4.69) is 20.6 Å². The third kappa shape index (κ3) is 5.93. The average molecular weight is 392 g/mol. The highest BCUT2D eigenvalue weighted by Crippen LogP contribution is 2.13. The summed E-state index contributed by atoms with van der Waals surface area (Å²) in [6, 6.07) is 17.2. The molecule has 1 heterocycles. The lowest BCUT2D eigenvalue weighted by Gasteiger charge is -2.09. The van der Waals surface area contributed by atoms with Crippen LogP contribution in [0.4, 0.5) is 5.82 Å². The number of hydrogen-bond acceptors (Lipinski definition) is 6. The zero-order chi connectivity index (χ0) is 20.5. The summed E-state index contributed by atoms with van der Waals surface area (Å²) in [4.78, 5) is 20.6. The van der Waals surface area contributed by atoms with Gasteiger partial charge in [0.2, 0.25) is 0 Å². The highest BCUT2D eigenvalue weighted by Gasteiger charge is 2.08. The Morgan fingerprint density at radius 2 is 1.52 bits per heavy atom. The molecule has 0 radical (unpaired) electrons. The van der Waals surface area contributed by atoms with E-state index < -0.39 is 0 Å². The lowest BCUT2D eigenvalue weighted by Crippen LogP contribution is -2.26. The van der Waals surface area contributed by atoms with E-state index in [1.54, 1.807) is 20.3 Å². The van der Waals surface area contributed by atoms with Gasteiger partial charge < -0.3 is 20.1 Å². The molecule has 0 spiro atoms. The zero-order valence-electron chi connectivity index (χ0n) is 16.5. The molecular formula is C22H24N4O3. The monoisotopic (exact) mass is 392 g/mol. The molecule has 3 rings (SSSR count). The van der Waals surface area contributed by atoms with Crippen molar-refractivity contribution in [2.75, 3.05) is 26.1 Å². The Hall–Kier alpha value is -3.61. The van der Waals surface area contributed by atoms with Crippen molar-refractivity contribution in [3.8, 4) is 11.5 Å². The number of anilines is 1. The van der Waals surface area contributed by atoms with Crippen LogP contribution in [0.2, 0.25) is 0 Å². The number of benzene rings is 2. The molecule has 0 bridgehead atoms. The maximum Gasteiger partial charge on any atom is 0.270 e. The van der Waals surface area contributed by atoms with Crippen LogP contribution in [-0.2, 0) is 13.0 Å². The number of carbonyl (C=O) groups excluding carboxylic acids is 1. The second-order valence-electron chi connectivity index (χ2n) is 6.34. The number of carbonyl (C=O) groups is 1. The van der Waals surface area contributed by atoms with E-state index >= 15 is 0 Å². The van der Waals surface area contributed by atoms with Crippen LogP contribution in [0.1, 0.15) is 21.6 Å². The van der Waals surface area contributed by atoms with Crippen LogP contribution >= 0.6 is 0 Å². The minimum Gasteiger partial charge on any atom is -0.497 e. The number of methoxy groups -OCH3 is 2.